The van der Waals surface area contributed by atoms with E-state index in [1.54, 1.807) is 30.5 Å². The van der Waals surface area contributed by atoms with Crippen molar-refractivity contribution >= 4 is 17.6 Å². The molecule has 9 nitrogen and oxygen atoms in total. The number of hydrogen-bond donors (Lipinski definition) is 3. The zero-order valence-electron chi connectivity index (χ0n) is 17.3. The first-order valence-electron chi connectivity index (χ1n) is 10.2. The van der Waals surface area contributed by atoms with E-state index in [-0.39, 0.29) is 11.8 Å². The number of nitrogens with one attached hydrogen (secondary N) is 3. The number of carbonyl (C=O) groups is 2. The van der Waals surface area contributed by atoms with E-state index in [4.69, 9.17) is 9.15 Å². The Kier molecular flexibility index (Phi) is 4.98. The molecule has 0 aliphatic carbocycles. The topological polar surface area (TPSA) is 114 Å². The van der Waals surface area contributed by atoms with Crippen molar-refractivity contribution in [2.45, 2.75) is 19.5 Å². The fraction of sp³-hybridized carbons (Fsp3) is 0.174. The van der Waals surface area contributed by atoms with E-state index in [2.05, 4.69) is 20.8 Å². The minimum atomic E-state index is -0.296. The largest absolute Gasteiger partial charge is 0.496 e. The summed E-state index contributed by atoms with van der Waals surface area (Å²) >= 11 is 0. The predicted octanol–water partition coefficient (Wildman–Crippen LogP) is 3.22. The number of H-pyrrole nitrogens is 1. The van der Waals surface area contributed by atoms with Crippen LogP contribution in [0.4, 0.5) is 5.82 Å². The lowest BCUT2D eigenvalue weighted by Crippen LogP contribution is -2.22. The summed E-state index contributed by atoms with van der Waals surface area (Å²) in [7, 11) is 1.53. The van der Waals surface area contributed by atoms with E-state index in [9.17, 15) is 9.59 Å². The average Bonchev–Trinajstić information content (AvgIpc) is 3.56. The van der Waals surface area contributed by atoms with Gasteiger partial charge in [0, 0.05) is 18.3 Å². The highest BCUT2D eigenvalue weighted by Gasteiger charge is 2.25. The van der Waals surface area contributed by atoms with Crippen molar-refractivity contribution in [2.24, 2.45) is 0 Å². The molecule has 0 fully saturated rings. The fourth-order valence-electron chi connectivity index (χ4n) is 3.88. The standard InChI is InChI=1S/C23H21N5O4/c1-31-19-7-3-2-6-16(19)23(30)25-21-17-8-9-28-13-14(11-18(28)20(17)26-27-21)22(29)24-12-15-5-4-10-32-15/h2-7,10-11,13H,8-9,12H2,1H3,(H,24,29)(H2,25,26,27,30). The van der Waals surface area contributed by atoms with Crippen LogP contribution in [0, 0.1) is 0 Å². The molecule has 4 heterocycles. The smallest absolute Gasteiger partial charge is 0.260 e. The van der Waals surface area contributed by atoms with Gasteiger partial charge in [-0.15, -0.1) is 0 Å². The summed E-state index contributed by atoms with van der Waals surface area (Å²) in [5.74, 6) is 1.18. The van der Waals surface area contributed by atoms with Gasteiger partial charge in [0.05, 0.1) is 42.4 Å². The molecule has 0 radical (unpaired) electrons. The van der Waals surface area contributed by atoms with Crippen LogP contribution < -0.4 is 15.4 Å². The SMILES string of the molecule is COc1ccccc1C(=O)Nc1n[nH]c2c1CCn1cc(C(=O)NCc3ccco3)cc1-2. The maximum Gasteiger partial charge on any atom is 0.260 e. The normalized spacial score (nSPS) is 12.0. The third-order valence-corrected chi connectivity index (χ3v) is 5.47. The van der Waals surface area contributed by atoms with Gasteiger partial charge in [0.15, 0.2) is 5.82 Å². The second kappa shape index (κ2) is 8.10. The predicted molar refractivity (Wildman–Crippen MR) is 117 cm³/mol. The molecule has 5 rings (SSSR count). The highest BCUT2D eigenvalue weighted by molar-refractivity contribution is 6.06. The van der Waals surface area contributed by atoms with E-state index >= 15 is 0 Å². The second-order valence-electron chi connectivity index (χ2n) is 7.40. The minimum Gasteiger partial charge on any atom is -0.496 e. The molecule has 0 saturated heterocycles. The van der Waals surface area contributed by atoms with Crippen LogP contribution in [0.3, 0.4) is 0 Å². The number of furan rings is 1. The molecular formula is C23H21N5O4. The molecule has 1 aliphatic rings. The van der Waals surface area contributed by atoms with Gasteiger partial charge in [-0.25, -0.2) is 0 Å². The van der Waals surface area contributed by atoms with Gasteiger partial charge < -0.3 is 24.4 Å². The number of aromatic nitrogens is 3. The van der Waals surface area contributed by atoms with E-state index in [0.717, 1.165) is 17.0 Å². The molecule has 32 heavy (non-hydrogen) atoms. The summed E-state index contributed by atoms with van der Waals surface area (Å²) in [6.45, 7) is 0.992. The maximum atomic E-state index is 12.8. The number of amides is 2. The van der Waals surface area contributed by atoms with Crippen LogP contribution >= 0.6 is 0 Å². The van der Waals surface area contributed by atoms with Gasteiger partial charge in [0.25, 0.3) is 11.8 Å². The Bertz CT molecular complexity index is 1290. The molecule has 1 aromatic carbocycles. The summed E-state index contributed by atoms with van der Waals surface area (Å²) in [5.41, 5.74) is 3.52. The van der Waals surface area contributed by atoms with Crippen molar-refractivity contribution in [3.05, 3.63) is 77.4 Å². The van der Waals surface area contributed by atoms with Crippen molar-refractivity contribution in [1.82, 2.24) is 20.1 Å². The Morgan fingerprint density at radius 2 is 2.09 bits per heavy atom. The molecule has 3 aromatic heterocycles. The Morgan fingerprint density at radius 1 is 1.22 bits per heavy atom. The van der Waals surface area contributed by atoms with Crippen LogP contribution in [0.2, 0.25) is 0 Å². The molecule has 3 N–H and O–H groups in total. The zero-order chi connectivity index (χ0) is 22.1. The van der Waals surface area contributed by atoms with Crippen molar-refractivity contribution in [2.75, 3.05) is 12.4 Å². The van der Waals surface area contributed by atoms with Crippen molar-refractivity contribution in [1.29, 1.82) is 0 Å². The zero-order valence-corrected chi connectivity index (χ0v) is 17.3. The number of rotatable bonds is 6. The fourth-order valence-corrected chi connectivity index (χ4v) is 3.88. The van der Waals surface area contributed by atoms with Crippen LogP contribution in [0.5, 0.6) is 5.75 Å². The number of hydrogen-bond acceptors (Lipinski definition) is 5. The Morgan fingerprint density at radius 3 is 2.91 bits per heavy atom. The van der Waals surface area contributed by atoms with Crippen LogP contribution in [-0.4, -0.2) is 33.7 Å². The first kappa shape index (κ1) is 19.7. The third kappa shape index (κ3) is 3.53. The van der Waals surface area contributed by atoms with Gasteiger partial charge in [-0.05, 0) is 36.8 Å². The van der Waals surface area contributed by atoms with Crippen molar-refractivity contribution in [3.63, 3.8) is 0 Å². The molecule has 2 amide bonds. The summed E-state index contributed by atoms with van der Waals surface area (Å²) < 4.78 is 12.5. The molecule has 4 aromatic rings. The van der Waals surface area contributed by atoms with Crippen molar-refractivity contribution in [3.8, 4) is 17.1 Å². The monoisotopic (exact) mass is 431 g/mol. The third-order valence-electron chi connectivity index (χ3n) is 5.47. The quantitative estimate of drug-likeness (QED) is 0.434. The lowest BCUT2D eigenvalue weighted by atomic mass is 10.1. The van der Waals surface area contributed by atoms with Gasteiger partial charge in [-0.1, -0.05) is 12.1 Å². The molecule has 0 saturated carbocycles. The van der Waals surface area contributed by atoms with Crippen LogP contribution in [-0.2, 0) is 19.5 Å². The number of benzene rings is 1. The van der Waals surface area contributed by atoms with E-state index in [0.29, 0.717) is 48.0 Å². The highest BCUT2D eigenvalue weighted by Crippen LogP contribution is 2.33. The Balaban J connectivity index is 1.35. The number of methoxy groups -OCH3 is 1. The lowest BCUT2D eigenvalue weighted by molar-refractivity contribution is 0.0947. The highest BCUT2D eigenvalue weighted by atomic mass is 16.5. The van der Waals surface area contributed by atoms with Gasteiger partial charge in [-0.3, -0.25) is 14.7 Å². The number of anilines is 1. The first-order valence-corrected chi connectivity index (χ1v) is 10.2. The molecule has 0 spiro atoms. The number of nitrogens with zero attached hydrogens (tertiary/aromatic N) is 2. The maximum absolute atomic E-state index is 12.8. The number of aryl methyl sites for hydroxylation is 1. The Hall–Kier alpha value is -4.27. The molecule has 0 bridgehead atoms. The summed E-state index contributed by atoms with van der Waals surface area (Å²) in [6, 6.07) is 12.4. The van der Waals surface area contributed by atoms with Crippen LogP contribution in [0.15, 0.2) is 59.3 Å². The number of aromatic amines is 1. The van der Waals surface area contributed by atoms with Crippen molar-refractivity contribution < 1.29 is 18.7 Å². The van der Waals surface area contributed by atoms with Gasteiger partial charge in [-0.2, -0.15) is 5.10 Å². The molecule has 9 heteroatoms. The summed E-state index contributed by atoms with van der Waals surface area (Å²) in [4.78, 5) is 25.4. The van der Waals surface area contributed by atoms with Crippen LogP contribution in [0.25, 0.3) is 11.4 Å². The van der Waals surface area contributed by atoms with Gasteiger partial charge >= 0.3 is 0 Å². The lowest BCUT2D eigenvalue weighted by Gasteiger charge is -2.16. The van der Waals surface area contributed by atoms with Gasteiger partial charge in [0.1, 0.15) is 11.5 Å². The summed E-state index contributed by atoms with van der Waals surface area (Å²) in [5, 5.41) is 13.1. The minimum absolute atomic E-state index is 0.186. The number of ether oxygens (including phenoxy) is 1. The first-order chi connectivity index (χ1) is 15.6. The van der Waals surface area contributed by atoms with E-state index < -0.39 is 0 Å². The number of carbonyl (C=O) groups excluding carboxylic acids is 2. The van der Waals surface area contributed by atoms with E-state index in [1.807, 2.05) is 29.0 Å². The average molecular weight is 431 g/mol. The summed E-state index contributed by atoms with van der Waals surface area (Å²) in [6.07, 6.45) is 4.06. The van der Waals surface area contributed by atoms with Gasteiger partial charge in [0.2, 0.25) is 0 Å². The number of fused-ring (bicyclic) bond motifs is 3. The molecular weight excluding hydrogens is 410 g/mol. The molecule has 0 atom stereocenters. The second-order valence-corrected chi connectivity index (χ2v) is 7.40. The van der Waals surface area contributed by atoms with E-state index in [1.165, 1.54) is 7.11 Å². The molecule has 162 valence electrons. The van der Waals surface area contributed by atoms with Crippen LogP contribution in [0.1, 0.15) is 32.0 Å². The number of para-hydroxylation sites is 1. The molecule has 1 aliphatic heterocycles. The molecule has 0 unspecified atom stereocenters. The Labute approximate surface area is 183 Å².